The van der Waals surface area contributed by atoms with E-state index in [1.54, 1.807) is 0 Å². The zero-order valence-corrected chi connectivity index (χ0v) is 12.4. The van der Waals surface area contributed by atoms with Crippen LogP contribution in [0.1, 0.15) is 20.3 Å². The molecule has 0 amide bonds. The van der Waals surface area contributed by atoms with Gasteiger partial charge in [-0.2, -0.15) is 0 Å². The molecular weight excluding hydrogens is 339 g/mol. The predicted molar refractivity (Wildman–Crippen MR) is 76.0 cm³/mol. The highest BCUT2D eigenvalue weighted by Crippen LogP contribution is 2.57. The second kappa shape index (κ2) is 5.68. The molecule has 0 spiro atoms. The largest absolute Gasteiger partial charge is 0.147 e. The molecule has 1 aliphatic rings. The van der Waals surface area contributed by atoms with Crippen molar-refractivity contribution in [3.8, 4) is 0 Å². The highest BCUT2D eigenvalue weighted by Gasteiger charge is 2.26. The van der Waals surface area contributed by atoms with Crippen LogP contribution in [0.15, 0.2) is 9.81 Å². The van der Waals surface area contributed by atoms with Crippen molar-refractivity contribution >= 4 is 64.4 Å². The van der Waals surface area contributed by atoms with E-state index in [1.165, 1.54) is 16.2 Å². The second-order valence-electron chi connectivity index (χ2n) is 2.87. The topological polar surface area (TPSA) is 0 Å². The monoisotopic (exact) mass is 350 g/mol. The van der Waals surface area contributed by atoms with E-state index in [4.69, 9.17) is 0 Å². The van der Waals surface area contributed by atoms with E-state index in [2.05, 4.69) is 47.7 Å². The fraction of sp³-hybridized carbons (Fsp3) is 0.714. The van der Waals surface area contributed by atoms with E-state index in [0.29, 0.717) is 5.92 Å². The lowest BCUT2D eigenvalue weighted by atomic mass is 10.2. The molecule has 0 atom stereocenters. The molecule has 0 unspecified atom stereocenters. The standard InChI is InChI=1S/C7H11IS4/c1-4(2)7(9)5(10-8)3-6-11-12-6/h4,6,9H,3H2,1-2H3/b7-5-. The summed E-state index contributed by atoms with van der Waals surface area (Å²) in [5.41, 5.74) is 0. The molecule has 1 saturated heterocycles. The van der Waals surface area contributed by atoms with E-state index in [-0.39, 0.29) is 0 Å². The van der Waals surface area contributed by atoms with Crippen molar-refractivity contribution in [2.75, 3.05) is 0 Å². The number of rotatable bonds is 4. The van der Waals surface area contributed by atoms with Crippen LogP contribution in [-0.4, -0.2) is 4.58 Å². The fourth-order valence-electron chi connectivity index (χ4n) is 0.756. The molecule has 1 rings (SSSR count). The lowest BCUT2D eigenvalue weighted by Crippen LogP contribution is -1.92. The molecule has 1 aliphatic heterocycles. The molecule has 0 aromatic rings. The Morgan fingerprint density at radius 3 is 2.50 bits per heavy atom. The second-order valence-corrected chi connectivity index (χ2v) is 8.29. The lowest BCUT2D eigenvalue weighted by molar-refractivity contribution is 0.810. The Morgan fingerprint density at radius 1 is 1.58 bits per heavy atom. The molecule has 1 fully saturated rings. The minimum Gasteiger partial charge on any atom is -0.147 e. The Kier molecular flexibility index (Phi) is 5.65. The van der Waals surface area contributed by atoms with Gasteiger partial charge in [0.15, 0.2) is 0 Å². The van der Waals surface area contributed by atoms with E-state index in [1.807, 2.05) is 30.5 Å². The van der Waals surface area contributed by atoms with Crippen LogP contribution in [0.5, 0.6) is 0 Å². The molecule has 0 N–H and O–H groups in total. The summed E-state index contributed by atoms with van der Waals surface area (Å²) in [5, 5.41) is 0. The molecule has 0 nitrogen and oxygen atoms in total. The van der Waals surface area contributed by atoms with Gasteiger partial charge in [-0.25, -0.2) is 0 Å². The first kappa shape index (κ1) is 11.9. The van der Waals surface area contributed by atoms with Crippen LogP contribution >= 0.6 is 64.4 Å². The van der Waals surface area contributed by atoms with Crippen molar-refractivity contribution in [2.45, 2.75) is 24.9 Å². The molecule has 1 heterocycles. The number of halogens is 1. The van der Waals surface area contributed by atoms with Crippen LogP contribution in [0.2, 0.25) is 0 Å². The van der Waals surface area contributed by atoms with Gasteiger partial charge in [0, 0.05) is 32.5 Å². The third-order valence-electron chi connectivity index (χ3n) is 1.51. The Morgan fingerprint density at radius 2 is 2.17 bits per heavy atom. The van der Waals surface area contributed by atoms with Crippen molar-refractivity contribution in [3.05, 3.63) is 9.81 Å². The van der Waals surface area contributed by atoms with Gasteiger partial charge < -0.3 is 0 Å². The van der Waals surface area contributed by atoms with Crippen LogP contribution in [0.3, 0.4) is 0 Å². The zero-order chi connectivity index (χ0) is 9.14. The SMILES string of the molecule is CC(C)/C(S)=C(\CC1SS1)SI. The Balaban J connectivity index is 2.55. The highest BCUT2D eigenvalue weighted by atomic mass is 127. The van der Waals surface area contributed by atoms with Gasteiger partial charge in [-0.1, -0.05) is 44.4 Å². The molecule has 0 bridgehead atoms. The molecule has 5 heteroatoms. The Bertz CT molecular complexity index is 186. The smallest absolute Gasteiger partial charge is 0.0756 e. The first-order chi connectivity index (χ1) is 5.65. The predicted octanol–water partition coefficient (Wildman–Crippen LogP) is 4.98. The average Bonchev–Trinajstić information content (AvgIpc) is 2.82. The van der Waals surface area contributed by atoms with Crippen LogP contribution < -0.4 is 0 Å². The maximum absolute atomic E-state index is 4.54. The van der Waals surface area contributed by atoms with Crippen LogP contribution in [0, 0.1) is 5.92 Å². The summed E-state index contributed by atoms with van der Waals surface area (Å²) in [5.74, 6) is 0.569. The van der Waals surface area contributed by atoms with E-state index < -0.39 is 0 Å². The van der Waals surface area contributed by atoms with Gasteiger partial charge in [0.1, 0.15) is 0 Å². The van der Waals surface area contributed by atoms with Crippen molar-refractivity contribution in [1.29, 1.82) is 0 Å². The van der Waals surface area contributed by atoms with E-state index in [9.17, 15) is 0 Å². The van der Waals surface area contributed by atoms with Crippen LogP contribution in [0.25, 0.3) is 0 Å². The number of hydrogen-bond acceptors (Lipinski definition) is 4. The quantitative estimate of drug-likeness (QED) is 0.329. The molecule has 12 heavy (non-hydrogen) atoms. The number of hydrogen-bond donors (Lipinski definition) is 1. The Hall–Kier alpha value is 1.87. The minimum absolute atomic E-state index is 0.569. The van der Waals surface area contributed by atoms with Gasteiger partial charge in [0.05, 0.1) is 4.58 Å². The number of allylic oxidation sites excluding steroid dienone is 2. The lowest BCUT2D eigenvalue weighted by Gasteiger charge is -2.09. The fourth-order valence-corrected chi connectivity index (χ4v) is 4.71. The normalized spacial score (nSPS) is 19.8. The molecular formula is C7H11IS4. The van der Waals surface area contributed by atoms with Gasteiger partial charge in [-0.3, -0.25) is 0 Å². The Labute approximate surface area is 104 Å². The maximum Gasteiger partial charge on any atom is 0.0756 e. The van der Waals surface area contributed by atoms with E-state index in [0.717, 1.165) is 4.58 Å². The van der Waals surface area contributed by atoms with Gasteiger partial charge >= 0.3 is 0 Å². The van der Waals surface area contributed by atoms with Crippen molar-refractivity contribution < 1.29 is 0 Å². The minimum atomic E-state index is 0.569. The number of thiol groups is 1. The summed E-state index contributed by atoms with van der Waals surface area (Å²) in [4.78, 5) is 2.72. The summed E-state index contributed by atoms with van der Waals surface area (Å²) >= 11 is 6.89. The zero-order valence-electron chi connectivity index (χ0n) is 6.91. The first-order valence-corrected chi connectivity index (χ1v) is 9.76. The van der Waals surface area contributed by atoms with Gasteiger partial charge in [-0.05, 0) is 10.8 Å². The van der Waals surface area contributed by atoms with Gasteiger partial charge in [0.25, 0.3) is 0 Å². The molecule has 70 valence electrons. The highest BCUT2D eigenvalue weighted by molar-refractivity contribution is 14.2. The third kappa shape index (κ3) is 3.94. The summed E-state index contributed by atoms with van der Waals surface area (Å²) in [6, 6.07) is 0. The van der Waals surface area contributed by atoms with Crippen molar-refractivity contribution in [1.82, 2.24) is 0 Å². The van der Waals surface area contributed by atoms with Crippen LogP contribution in [-0.2, 0) is 0 Å². The van der Waals surface area contributed by atoms with Gasteiger partial charge in [-0.15, -0.1) is 12.6 Å². The molecule has 0 radical (unpaired) electrons. The summed E-state index contributed by atoms with van der Waals surface area (Å²) in [6.07, 6.45) is 1.19. The van der Waals surface area contributed by atoms with Gasteiger partial charge in [0.2, 0.25) is 0 Å². The summed E-state index contributed by atoms with van der Waals surface area (Å²) < 4.78 is 0.808. The van der Waals surface area contributed by atoms with Crippen LogP contribution in [0.4, 0.5) is 0 Å². The van der Waals surface area contributed by atoms with Crippen molar-refractivity contribution in [2.24, 2.45) is 5.92 Å². The average molecular weight is 350 g/mol. The first-order valence-electron chi connectivity index (χ1n) is 3.68. The summed E-state index contributed by atoms with van der Waals surface area (Å²) in [7, 11) is 5.77. The molecule has 0 aliphatic carbocycles. The third-order valence-corrected chi connectivity index (χ3v) is 6.81. The van der Waals surface area contributed by atoms with Crippen molar-refractivity contribution in [3.63, 3.8) is 0 Å². The summed E-state index contributed by atoms with van der Waals surface area (Å²) in [6.45, 7) is 4.39. The maximum atomic E-state index is 4.54. The van der Waals surface area contributed by atoms with E-state index >= 15 is 0 Å². The molecule has 0 saturated carbocycles. The molecule has 0 aromatic heterocycles. The molecule has 0 aromatic carbocycles.